The Balaban J connectivity index is 1.43. The van der Waals surface area contributed by atoms with Crippen LogP contribution in [0.4, 0.5) is 11.4 Å². The number of pyridine rings is 1. The fourth-order valence-corrected chi connectivity index (χ4v) is 6.11. The van der Waals surface area contributed by atoms with Crippen LogP contribution in [0.3, 0.4) is 0 Å². The highest BCUT2D eigenvalue weighted by atomic mass is 16.5. The number of benzene rings is 2. The van der Waals surface area contributed by atoms with Gasteiger partial charge < -0.3 is 9.64 Å². The maximum absolute atomic E-state index is 6.99. The molecule has 0 amide bonds. The van der Waals surface area contributed by atoms with Gasteiger partial charge in [-0.3, -0.25) is 9.98 Å². The summed E-state index contributed by atoms with van der Waals surface area (Å²) in [6.07, 6.45) is 12.0. The molecule has 1 fully saturated rings. The van der Waals surface area contributed by atoms with Crippen LogP contribution in [0.5, 0.6) is 5.75 Å². The number of aromatic nitrogens is 1. The van der Waals surface area contributed by atoms with Crippen molar-refractivity contribution < 1.29 is 4.74 Å². The zero-order valence-electron chi connectivity index (χ0n) is 19.1. The van der Waals surface area contributed by atoms with Gasteiger partial charge >= 0.3 is 0 Å². The largest absolute Gasteiger partial charge is 0.459 e. The van der Waals surface area contributed by atoms with Gasteiger partial charge in [-0.25, -0.2) is 0 Å². The molecule has 3 heterocycles. The van der Waals surface area contributed by atoms with Crippen LogP contribution in [0.15, 0.2) is 59.7 Å². The summed E-state index contributed by atoms with van der Waals surface area (Å²) in [5, 5.41) is 1.04. The van der Waals surface area contributed by atoms with Crippen molar-refractivity contribution in [1.82, 2.24) is 4.98 Å². The minimum absolute atomic E-state index is 0.235. The van der Waals surface area contributed by atoms with E-state index in [4.69, 9.17) is 9.73 Å². The third-order valence-corrected chi connectivity index (χ3v) is 8.00. The van der Waals surface area contributed by atoms with E-state index in [2.05, 4.69) is 60.3 Å². The topological polar surface area (TPSA) is 37.7 Å². The molecule has 164 valence electrons. The molecular formula is C28H31N3O. The number of anilines is 1. The molecule has 0 radical (unpaired) electrons. The smallest absolute Gasteiger partial charge is 0.228 e. The van der Waals surface area contributed by atoms with E-state index < -0.39 is 5.72 Å². The molecule has 0 N–H and O–H groups in total. The second-order valence-electron chi connectivity index (χ2n) is 10.1. The molecule has 2 aromatic carbocycles. The van der Waals surface area contributed by atoms with Gasteiger partial charge in [0, 0.05) is 23.8 Å². The SMILES string of the molecule is CC1(C)c2ccccc2N(CCC2CCCCC2)C12C=Nc1c(ccc3ncccc13)O2. The van der Waals surface area contributed by atoms with Crippen molar-refractivity contribution in [3.63, 3.8) is 0 Å². The predicted octanol–water partition coefficient (Wildman–Crippen LogP) is 6.79. The van der Waals surface area contributed by atoms with Gasteiger partial charge in [0.15, 0.2) is 0 Å². The average Bonchev–Trinajstić information content (AvgIpc) is 3.01. The average molecular weight is 426 g/mol. The molecule has 0 bridgehead atoms. The Kier molecular flexibility index (Phi) is 4.53. The fourth-order valence-electron chi connectivity index (χ4n) is 6.11. The fraction of sp³-hybridized carbons (Fsp3) is 0.429. The standard InChI is InChI=1S/C28H31N3O/c1-27(2)22-12-6-7-13-24(22)31(18-16-20-9-4-3-5-10-20)28(27)19-30-26-21-11-8-17-29-23(21)14-15-25(26)32-28/h6-8,11-15,17,19-20H,3-5,9-10,16,18H2,1-2H3. The Labute approximate surface area is 190 Å². The van der Waals surface area contributed by atoms with Crippen molar-refractivity contribution in [2.75, 3.05) is 11.4 Å². The van der Waals surface area contributed by atoms with Gasteiger partial charge in [0.1, 0.15) is 11.4 Å². The van der Waals surface area contributed by atoms with E-state index in [0.29, 0.717) is 0 Å². The molecule has 32 heavy (non-hydrogen) atoms. The number of para-hydroxylation sites is 1. The van der Waals surface area contributed by atoms with Gasteiger partial charge in [-0.1, -0.05) is 50.3 Å². The van der Waals surface area contributed by atoms with Crippen molar-refractivity contribution in [3.05, 3.63) is 60.3 Å². The van der Waals surface area contributed by atoms with E-state index in [-0.39, 0.29) is 5.41 Å². The molecule has 1 aromatic heterocycles. The maximum atomic E-state index is 6.99. The first-order valence-corrected chi connectivity index (χ1v) is 12.1. The lowest BCUT2D eigenvalue weighted by Gasteiger charge is -2.46. The molecule has 1 aliphatic carbocycles. The van der Waals surface area contributed by atoms with Crippen LogP contribution in [0.2, 0.25) is 0 Å². The third-order valence-electron chi connectivity index (χ3n) is 8.00. The molecular weight excluding hydrogens is 394 g/mol. The Morgan fingerprint density at radius 1 is 1.00 bits per heavy atom. The molecule has 3 aromatic rings. The number of aliphatic imine (C=N–C) groups is 1. The molecule has 2 aliphatic heterocycles. The van der Waals surface area contributed by atoms with Gasteiger partial charge in [-0.05, 0) is 62.1 Å². The summed E-state index contributed by atoms with van der Waals surface area (Å²) in [5.41, 5.74) is 3.59. The highest BCUT2D eigenvalue weighted by Crippen LogP contribution is 2.54. The predicted molar refractivity (Wildman–Crippen MR) is 131 cm³/mol. The van der Waals surface area contributed by atoms with Crippen LogP contribution < -0.4 is 9.64 Å². The first-order valence-electron chi connectivity index (χ1n) is 12.1. The van der Waals surface area contributed by atoms with Gasteiger partial charge in [-0.15, -0.1) is 0 Å². The summed E-state index contributed by atoms with van der Waals surface area (Å²) in [7, 11) is 0. The number of rotatable bonds is 3. The number of nitrogens with zero attached hydrogens (tertiary/aromatic N) is 3. The van der Waals surface area contributed by atoms with Crippen molar-refractivity contribution in [1.29, 1.82) is 0 Å². The minimum Gasteiger partial charge on any atom is -0.459 e. The van der Waals surface area contributed by atoms with Crippen LogP contribution in [0.1, 0.15) is 57.9 Å². The van der Waals surface area contributed by atoms with Crippen LogP contribution in [0, 0.1) is 5.92 Å². The number of hydrogen-bond acceptors (Lipinski definition) is 4. The van der Waals surface area contributed by atoms with E-state index in [9.17, 15) is 0 Å². The molecule has 1 spiro atoms. The quantitative estimate of drug-likeness (QED) is 0.463. The summed E-state index contributed by atoms with van der Waals surface area (Å²) in [5.74, 6) is 1.66. The maximum Gasteiger partial charge on any atom is 0.228 e. The second kappa shape index (κ2) is 7.33. The first-order chi connectivity index (χ1) is 15.6. The number of hydrogen-bond donors (Lipinski definition) is 0. The highest BCUT2D eigenvalue weighted by Gasteiger charge is 2.59. The van der Waals surface area contributed by atoms with E-state index in [1.54, 1.807) is 0 Å². The van der Waals surface area contributed by atoms with Crippen LogP contribution in [-0.2, 0) is 5.41 Å². The monoisotopic (exact) mass is 425 g/mol. The Morgan fingerprint density at radius 3 is 2.72 bits per heavy atom. The lowest BCUT2D eigenvalue weighted by atomic mass is 9.77. The zero-order valence-corrected chi connectivity index (χ0v) is 19.1. The van der Waals surface area contributed by atoms with E-state index in [1.807, 2.05) is 24.4 Å². The molecule has 1 unspecified atom stereocenters. The molecule has 1 saturated carbocycles. The minimum atomic E-state index is -0.631. The van der Waals surface area contributed by atoms with Crippen molar-refractivity contribution in [3.8, 4) is 5.75 Å². The summed E-state index contributed by atoms with van der Waals surface area (Å²) in [6.45, 7) is 5.58. The van der Waals surface area contributed by atoms with Crippen molar-refractivity contribution in [2.24, 2.45) is 10.9 Å². The van der Waals surface area contributed by atoms with E-state index in [0.717, 1.165) is 34.8 Å². The molecule has 4 heteroatoms. The number of ether oxygens (including phenoxy) is 1. The third kappa shape index (κ3) is 2.81. The van der Waals surface area contributed by atoms with Crippen LogP contribution >= 0.6 is 0 Å². The summed E-state index contributed by atoms with van der Waals surface area (Å²) < 4.78 is 6.99. The Morgan fingerprint density at radius 2 is 1.84 bits per heavy atom. The number of fused-ring (bicyclic) bond motifs is 4. The molecule has 1 atom stereocenters. The molecule has 3 aliphatic rings. The van der Waals surface area contributed by atoms with Crippen LogP contribution in [0.25, 0.3) is 10.9 Å². The molecule has 0 saturated heterocycles. The lowest BCUT2D eigenvalue weighted by Crippen LogP contribution is -2.62. The molecule has 4 nitrogen and oxygen atoms in total. The Bertz CT molecular complexity index is 1190. The lowest BCUT2D eigenvalue weighted by molar-refractivity contribution is 0.0762. The zero-order chi connectivity index (χ0) is 21.8. The second-order valence-corrected chi connectivity index (χ2v) is 10.1. The summed E-state index contributed by atoms with van der Waals surface area (Å²) in [4.78, 5) is 12.0. The highest BCUT2D eigenvalue weighted by molar-refractivity contribution is 5.98. The van der Waals surface area contributed by atoms with Gasteiger partial charge in [-0.2, -0.15) is 0 Å². The van der Waals surface area contributed by atoms with Gasteiger partial charge in [0.2, 0.25) is 5.72 Å². The van der Waals surface area contributed by atoms with Gasteiger partial charge in [0.05, 0.1) is 17.1 Å². The van der Waals surface area contributed by atoms with E-state index >= 15 is 0 Å². The molecule has 6 rings (SSSR count). The first kappa shape index (κ1) is 19.8. The summed E-state index contributed by atoms with van der Waals surface area (Å²) in [6, 6.07) is 16.9. The summed E-state index contributed by atoms with van der Waals surface area (Å²) >= 11 is 0. The Hall–Kier alpha value is -2.88. The van der Waals surface area contributed by atoms with Gasteiger partial charge in [0.25, 0.3) is 0 Å². The normalized spacial score (nSPS) is 23.9. The van der Waals surface area contributed by atoms with Crippen molar-refractivity contribution >= 4 is 28.5 Å². The van der Waals surface area contributed by atoms with E-state index in [1.165, 1.54) is 49.8 Å². The van der Waals surface area contributed by atoms with Crippen LogP contribution in [-0.4, -0.2) is 23.5 Å². The van der Waals surface area contributed by atoms with Crippen molar-refractivity contribution in [2.45, 2.75) is 63.5 Å².